The maximum absolute atomic E-state index is 13.5. The first kappa shape index (κ1) is 17.6. The lowest BCUT2D eigenvalue weighted by Crippen LogP contribution is -2.37. The minimum atomic E-state index is -1.000. The first-order chi connectivity index (χ1) is 12.5. The predicted molar refractivity (Wildman–Crippen MR) is 95.9 cm³/mol. The molecule has 7 heteroatoms. The van der Waals surface area contributed by atoms with Crippen LogP contribution in [0.2, 0.25) is 0 Å². The number of anilines is 1. The number of aryl methyl sites for hydroxylation is 1. The average Bonchev–Trinajstić information content (AvgIpc) is 2.98. The number of fused-ring (bicyclic) bond motifs is 1. The second-order valence-electron chi connectivity index (χ2n) is 5.87. The van der Waals surface area contributed by atoms with E-state index in [1.165, 1.54) is 18.2 Å². The van der Waals surface area contributed by atoms with Gasteiger partial charge in [-0.05, 0) is 18.2 Å². The third-order valence-electron chi connectivity index (χ3n) is 4.07. The van der Waals surface area contributed by atoms with Gasteiger partial charge < -0.3 is 20.3 Å². The molecule has 6 nitrogen and oxygen atoms in total. The second-order valence-corrected chi connectivity index (χ2v) is 5.87. The highest BCUT2D eigenvalue weighted by Crippen LogP contribution is 2.25. The summed E-state index contributed by atoms with van der Waals surface area (Å²) in [6, 6.07) is 13.1. The molecule has 3 rings (SSSR count). The maximum Gasteiger partial charge on any atom is 0.313 e. The Morgan fingerprint density at radius 1 is 1.12 bits per heavy atom. The van der Waals surface area contributed by atoms with Crippen LogP contribution in [-0.4, -0.2) is 28.0 Å². The quantitative estimate of drug-likeness (QED) is 0.627. The summed E-state index contributed by atoms with van der Waals surface area (Å²) in [6.45, 7) is -0.141. The summed E-state index contributed by atoms with van der Waals surface area (Å²) < 4.78 is 15.4. The van der Waals surface area contributed by atoms with E-state index in [1.54, 1.807) is 12.3 Å². The standard InChI is InChI=1S/C19H18FN3O3/c1-23-11-13(12-6-2-5-9-16(12)23)17(24)10-21-18(25)19(26)22-15-8-4-3-7-14(15)20/h2-9,11,17,24H,10H2,1H3,(H,21,25)(H,22,26). The molecule has 0 spiro atoms. The molecule has 1 heterocycles. The molecule has 26 heavy (non-hydrogen) atoms. The minimum absolute atomic E-state index is 0.0812. The van der Waals surface area contributed by atoms with Crippen LogP contribution < -0.4 is 10.6 Å². The lowest BCUT2D eigenvalue weighted by Gasteiger charge is -2.11. The minimum Gasteiger partial charge on any atom is -0.386 e. The van der Waals surface area contributed by atoms with Crippen LogP contribution >= 0.6 is 0 Å². The van der Waals surface area contributed by atoms with Gasteiger partial charge in [0.15, 0.2) is 0 Å². The molecule has 3 N–H and O–H groups in total. The Morgan fingerprint density at radius 3 is 2.58 bits per heavy atom. The number of nitrogens with one attached hydrogen (secondary N) is 2. The van der Waals surface area contributed by atoms with Gasteiger partial charge in [0.25, 0.3) is 0 Å². The normalized spacial score (nSPS) is 12.0. The first-order valence-electron chi connectivity index (χ1n) is 8.03. The SMILES string of the molecule is Cn1cc(C(O)CNC(=O)C(=O)Nc2ccccc2F)c2ccccc21. The number of benzene rings is 2. The molecule has 134 valence electrons. The molecule has 1 atom stereocenters. The Bertz CT molecular complexity index is 968. The Morgan fingerprint density at radius 2 is 1.81 bits per heavy atom. The van der Waals surface area contributed by atoms with Crippen molar-refractivity contribution in [1.82, 2.24) is 9.88 Å². The van der Waals surface area contributed by atoms with Crippen molar-refractivity contribution >= 4 is 28.4 Å². The molecule has 0 saturated carbocycles. The van der Waals surface area contributed by atoms with Crippen LogP contribution in [0.1, 0.15) is 11.7 Å². The number of para-hydroxylation sites is 2. The molecule has 0 radical (unpaired) electrons. The van der Waals surface area contributed by atoms with E-state index in [9.17, 15) is 19.1 Å². The monoisotopic (exact) mass is 355 g/mol. The van der Waals surface area contributed by atoms with E-state index in [2.05, 4.69) is 10.6 Å². The zero-order valence-corrected chi connectivity index (χ0v) is 14.1. The van der Waals surface area contributed by atoms with Gasteiger partial charge in [-0.3, -0.25) is 9.59 Å². The summed E-state index contributed by atoms with van der Waals surface area (Å²) in [4.78, 5) is 23.8. The van der Waals surface area contributed by atoms with Gasteiger partial charge in [0, 0.05) is 36.3 Å². The molecule has 1 aromatic heterocycles. The van der Waals surface area contributed by atoms with Crippen molar-refractivity contribution in [2.24, 2.45) is 7.05 Å². The van der Waals surface area contributed by atoms with E-state index in [4.69, 9.17) is 0 Å². The van der Waals surface area contributed by atoms with E-state index >= 15 is 0 Å². The smallest absolute Gasteiger partial charge is 0.313 e. The maximum atomic E-state index is 13.5. The van der Waals surface area contributed by atoms with Gasteiger partial charge >= 0.3 is 11.8 Å². The number of carbonyl (C=O) groups excluding carboxylic acids is 2. The number of amides is 2. The number of aromatic nitrogens is 1. The van der Waals surface area contributed by atoms with Gasteiger partial charge in [-0.2, -0.15) is 0 Å². The fraction of sp³-hybridized carbons (Fsp3) is 0.158. The van der Waals surface area contributed by atoms with Crippen molar-refractivity contribution in [3.8, 4) is 0 Å². The molecule has 0 saturated heterocycles. The zero-order valence-electron chi connectivity index (χ0n) is 14.1. The molecule has 0 aliphatic carbocycles. The van der Waals surface area contributed by atoms with Crippen LogP contribution in [0.25, 0.3) is 10.9 Å². The molecule has 1 unspecified atom stereocenters. The van der Waals surface area contributed by atoms with Crippen LogP contribution in [0.15, 0.2) is 54.7 Å². The second kappa shape index (κ2) is 7.37. The van der Waals surface area contributed by atoms with E-state index in [-0.39, 0.29) is 12.2 Å². The number of aliphatic hydroxyl groups is 1. The van der Waals surface area contributed by atoms with Crippen molar-refractivity contribution in [3.63, 3.8) is 0 Å². The lowest BCUT2D eigenvalue weighted by molar-refractivity contribution is -0.136. The molecule has 0 fully saturated rings. The molecular formula is C19H18FN3O3. The van der Waals surface area contributed by atoms with Gasteiger partial charge in [0.05, 0.1) is 11.8 Å². The van der Waals surface area contributed by atoms with Crippen molar-refractivity contribution in [3.05, 3.63) is 66.1 Å². The van der Waals surface area contributed by atoms with Crippen LogP contribution in [0.4, 0.5) is 10.1 Å². The lowest BCUT2D eigenvalue weighted by atomic mass is 10.1. The number of halogens is 1. The fourth-order valence-electron chi connectivity index (χ4n) is 2.76. The topological polar surface area (TPSA) is 83.4 Å². The molecule has 2 amide bonds. The van der Waals surface area contributed by atoms with Crippen molar-refractivity contribution in [1.29, 1.82) is 0 Å². The van der Waals surface area contributed by atoms with Crippen LogP contribution in [0.5, 0.6) is 0 Å². The van der Waals surface area contributed by atoms with Gasteiger partial charge in [0.1, 0.15) is 5.82 Å². The Kier molecular flexibility index (Phi) is 4.99. The summed E-state index contributed by atoms with van der Waals surface area (Å²) in [7, 11) is 1.86. The van der Waals surface area contributed by atoms with Crippen LogP contribution in [0.3, 0.4) is 0 Å². The first-order valence-corrected chi connectivity index (χ1v) is 8.03. The largest absolute Gasteiger partial charge is 0.386 e. The highest BCUT2D eigenvalue weighted by Gasteiger charge is 2.19. The average molecular weight is 355 g/mol. The summed E-state index contributed by atoms with van der Waals surface area (Å²) in [6.07, 6.45) is 0.798. The molecule has 0 aliphatic rings. The highest BCUT2D eigenvalue weighted by molar-refractivity contribution is 6.39. The number of aliphatic hydroxyl groups excluding tert-OH is 1. The van der Waals surface area contributed by atoms with Crippen molar-refractivity contribution in [2.45, 2.75) is 6.10 Å². The predicted octanol–water partition coefficient (Wildman–Crippen LogP) is 2.11. The number of carbonyl (C=O) groups is 2. The Labute approximate surface area is 149 Å². The van der Waals surface area contributed by atoms with E-state index in [0.29, 0.717) is 5.56 Å². The van der Waals surface area contributed by atoms with Crippen LogP contribution in [0, 0.1) is 5.82 Å². The number of hydrogen-bond acceptors (Lipinski definition) is 3. The molecule has 3 aromatic rings. The van der Waals surface area contributed by atoms with Gasteiger partial charge in [-0.15, -0.1) is 0 Å². The Hall–Kier alpha value is -3.19. The molecule has 0 bridgehead atoms. The highest BCUT2D eigenvalue weighted by atomic mass is 19.1. The summed E-state index contributed by atoms with van der Waals surface area (Å²) in [5.74, 6) is -2.59. The number of hydrogen-bond donors (Lipinski definition) is 3. The zero-order chi connectivity index (χ0) is 18.7. The third-order valence-corrected chi connectivity index (χ3v) is 4.07. The van der Waals surface area contributed by atoms with Gasteiger partial charge in [-0.1, -0.05) is 30.3 Å². The van der Waals surface area contributed by atoms with Gasteiger partial charge in [-0.25, -0.2) is 4.39 Å². The summed E-state index contributed by atoms with van der Waals surface area (Å²) in [5, 5.41) is 15.8. The third kappa shape index (κ3) is 3.57. The van der Waals surface area contributed by atoms with Gasteiger partial charge in [0.2, 0.25) is 0 Å². The number of nitrogens with zero attached hydrogens (tertiary/aromatic N) is 1. The fourth-order valence-corrected chi connectivity index (χ4v) is 2.76. The summed E-state index contributed by atoms with van der Waals surface area (Å²) >= 11 is 0. The van der Waals surface area contributed by atoms with Crippen molar-refractivity contribution in [2.75, 3.05) is 11.9 Å². The Balaban J connectivity index is 1.63. The van der Waals surface area contributed by atoms with E-state index < -0.39 is 23.7 Å². The molecule has 2 aromatic carbocycles. The van der Waals surface area contributed by atoms with E-state index in [1.807, 2.05) is 35.9 Å². The molecular weight excluding hydrogens is 337 g/mol. The van der Waals surface area contributed by atoms with E-state index in [0.717, 1.165) is 10.9 Å². The summed E-state index contributed by atoms with van der Waals surface area (Å²) in [5.41, 5.74) is 1.52. The number of rotatable bonds is 4. The van der Waals surface area contributed by atoms with Crippen LogP contribution in [-0.2, 0) is 16.6 Å². The molecule has 0 aliphatic heterocycles. The van der Waals surface area contributed by atoms with Crippen molar-refractivity contribution < 1.29 is 19.1 Å².